The molecule has 0 saturated carbocycles. The van der Waals surface area contributed by atoms with Gasteiger partial charge in [-0.15, -0.1) is 0 Å². The average Bonchev–Trinajstić information content (AvgIpc) is 2.80. The van der Waals surface area contributed by atoms with E-state index in [1.165, 1.54) is 16.8 Å². The van der Waals surface area contributed by atoms with Gasteiger partial charge < -0.3 is 15.0 Å². The Morgan fingerprint density at radius 1 is 1.19 bits per heavy atom. The highest BCUT2D eigenvalue weighted by atomic mass is 16.5. The lowest BCUT2D eigenvalue weighted by atomic mass is 9.96. The lowest BCUT2D eigenvalue weighted by molar-refractivity contribution is -0.126. The summed E-state index contributed by atoms with van der Waals surface area (Å²) in [7, 11) is 0. The summed E-state index contributed by atoms with van der Waals surface area (Å²) < 4.78 is 6.87. The van der Waals surface area contributed by atoms with Crippen LogP contribution >= 0.6 is 0 Å². The van der Waals surface area contributed by atoms with Crippen molar-refractivity contribution in [1.82, 2.24) is 20.0 Å². The van der Waals surface area contributed by atoms with Crippen molar-refractivity contribution in [2.75, 3.05) is 26.2 Å². The van der Waals surface area contributed by atoms with Gasteiger partial charge in [-0.2, -0.15) is 5.10 Å². The van der Waals surface area contributed by atoms with Crippen LogP contribution in [-0.4, -0.2) is 52.7 Å². The van der Waals surface area contributed by atoms with Crippen molar-refractivity contribution >= 4 is 11.8 Å². The first-order valence-electron chi connectivity index (χ1n) is 10.9. The van der Waals surface area contributed by atoms with Crippen molar-refractivity contribution in [2.45, 2.75) is 39.2 Å². The molecule has 0 unspecified atom stereocenters. The zero-order chi connectivity index (χ0) is 22.1. The van der Waals surface area contributed by atoms with Gasteiger partial charge in [-0.05, 0) is 37.5 Å². The molecular weight excluding hydrogens is 396 g/mol. The number of hydrogen-bond donors (Lipinski definition) is 1. The van der Waals surface area contributed by atoms with Crippen LogP contribution in [0.25, 0.3) is 0 Å². The number of nitrogens with one attached hydrogen (secondary N) is 1. The molecule has 2 heterocycles. The first kappa shape index (κ1) is 22.5. The van der Waals surface area contributed by atoms with Crippen LogP contribution < -0.4 is 15.6 Å². The van der Waals surface area contributed by atoms with Gasteiger partial charge in [-0.1, -0.05) is 31.5 Å². The summed E-state index contributed by atoms with van der Waals surface area (Å²) in [5.41, 5.74) is -0.0913. The summed E-state index contributed by atoms with van der Waals surface area (Å²) in [6, 6.07) is 12.1. The third-order valence-corrected chi connectivity index (χ3v) is 5.31. The highest BCUT2D eigenvalue weighted by Gasteiger charge is 2.29. The molecule has 0 spiro atoms. The molecule has 0 aliphatic carbocycles. The van der Waals surface area contributed by atoms with Gasteiger partial charge in [0.15, 0.2) is 0 Å². The van der Waals surface area contributed by atoms with E-state index in [1.807, 2.05) is 30.3 Å². The molecule has 2 aromatic rings. The zero-order valence-corrected chi connectivity index (χ0v) is 18.0. The van der Waals surface area contributed by atoms with Crippen LogP contribution in [0.2, 0.25) is 0 Å². The van der Waals surface area contributed by atoms with Crippen LogP contribution in [-0.2, 0) is 11.3 Å². The van der Waals surface area contributed by atoms with Crippen LogP contribution in [0.15, 0.2) is 47.3 Å². The number of unbranched alkanes of at least 4 members (excludes halogenated alkanes) is 1. The van der Waals surface area contributed by atoms with E-state index >= 15 is 0 Å². The van der Waals surface area contributed by atoms with Crippen molar-refractivity contribution in [3.05, 3.63) is 58.5 Å². The summed E-state index contributed by atoms with van der Waals surface area (Å²) in [4.78, 5) is 39.2. The highest BCUT2D eigenvalue weighted by molar-refractivity contribution is 5.92. The molecule has 1 atom stereocenters. The molecule has 2 amide bonds. The maximum atomic E-state index is 13.0. The molecule has 1 fully saturated rings. The maximum absolute atomic E-state index is 13.0. The molecule has 1 aliphatic heterocycles. The molecule has 1 aromatic heterocycles. The smallest absolute Gasteiger partial charge is 0.274 e. The van der Waals surface area contributed by atoms with Gasteiger partial charge >= 0.3 is 0 Å². The molecule has 3 rings (SSSR count). The zero-order valence-electron chi connectivity index (χ0n) is 18.0. The number of aromatic nitrogens is 2. The fourth-order valence-corrected chi connectivity index (χ4v) is 3.56. The number of para-hydroxylation sites is 1. The van der Waals surface area contributed by atoms with Crippen LogP contribution in [0.5, 0.6) is 5.75 Å². The van der Waals surface area contributed by atoms with E-state index in [0.717, 1.165) is 25.7 Å². The van der Waals surface area contributed by atoms with Gasteiger partial charge in [0.1, 0.15) is 18.1 Å². The number of ether oxygens (including phenoxy) is 1. The quantitative estimate of drug-likeness (QED) is 0.620. The molecule has 1 saturated heterocycles. The van der Waals surface area contributed by atoms with Crippen molar-refractivity contribution in [1.29, 1.82) is 0 Å². The van der Waals surface area contributed by atoms with Crippen molar-refractivity contribution in [3.8, 4) is 5.75 Å². The third kappa shape index (κ3) is 6.41. The van der Waals surface area contributed by atoms with Crippen LogP contribution in [0, 0.1) is 5.92 Å². The summed E-state index contributed by atoms with van der Waals surface area (Å²) in [6.45, 7) is 4.19. The van der Waals surface area contributed by atoms with Gasteiger partial charge in [0, 0.05) is 25.7 Å². The van der Waals surface area contributed by atoms with Gasteiger partial charge in [0.25, 0.3) is 11.5 Å². The van der Waals surface area contributed by atoms with E-state index in [2.05, 4.69) is 17.3 Å². The van der Waals surface area contributed by atoms with Gasteiger partial charge in [0.2, 0.25) is 5.91 Å². The van der Waals surface area contributed by atoms with Gasteiger partial charge in [-0.3, -0.25) is 14.4 Å². The van der Waals surface area contributed by atoms with Crippen molar-refractivity contribution in [3.63, 3.8) is 0 Å². The topological polar surface area (TPSA) is 93.5 Å². The minimum absolute atomic E-state index is 0.00180. The highest BCUT2D eigenvalue weighted by Crippen LogP contribution is 2.18. The predicted octanol–water partition coefficient (Wildman–Crippen LogP) is 2.09. The normalized spacial score (nSPS) is 16.0. The van der Waals surface area contributed by atoms with E-state index in [9.17, 15) is 14.4 Å². The van der Waals surface area contributed by atoms with Crippen LogP contribution in [0.3, 0.4) is 0 Å². The number of rotatable bonds is 9. The second kappa shape index (κ2) is 11.3. The van der Waals surface area contributed by atoms with Gasteiger partial charge in [0.05, 0.1) is 12.5 Å². The number of hydrogen-bond acceptors (Lipinski definition) is 5. The van der Waals surface area contributed by atoms with Crippen molar-refractivity contribution in [2.24, 2.45) is 5.92 Å². The van der Waals surface area contributed by atoms with Crippen LogP contribution in [0.1, 0.15) is 43.1 Å². The standard InChI is InChI=1S/C23H30N4O4/c1-2-3-13-24-22(29)18-8-7-14-26(17-18)23(30)20-11-12-21(28)27(25-20)15-16-31-19-9-5-4-6-10-19/h4-6,9-12,18H,2-3,7-8,13-17H2,1H3,(H,24,29)/t18-/m1/s1. The molecule has 166 valence electrons. The van der Waals surface area contributed by atoms with Gasteiger partial charge in [-0.25, -0.2) is 4.68 Å². The number of benzene rings is 1. The minimum Gasteiger partial charge on any atom is -0.492 e. The number of carbonyl (C=O) groups is 2. The lowest BCUT2D eigenvalue weighted by Gasteiger charge is -2.31. The number of piperidine rings is 1. The second-order valence-corrected chi connectivity index (χ2v) is 7.68. The average molecular weight is 427 g/mol. The Morgan fingerprint density at radius 3 is 2.77 bits per heavy atom. The molecule has 0 bridgehead atoms. The van der Waals surface area contributed by atoms with E-state index in [0.29, 0.717) is 25.4 Å². The van der Waals surface area contributed by atoms with Crippen molar-refractivity contribution < 1.29 is 14.3 Å². The molecule has 0 radical (unpaired) electrons. The lowest BCUT2D eigenvalue weighted by Crippen LogP contribution is -2.46. The number of likely N-dealkylation sites (tertiary alicyclic amines) is 1. The molecule has 1 N–H and O–H groups in total. The fourth-order valence-electron chi connectivity index (χ4n) is 3.56. The first-order valence-corrected chi connectivity index (χ1v) is 10.9. The van der Waals surface area contributed by atoms with E-state index in [4.69, 9.17) is 4.74 Å². The molecule has 8 heteroatoms. The Labute approximate surface area is 182 Å². The summed E-state index contributed by atoms with van der Waals surface area (Å²) >= 11 is 0. The van der Waals surface area contributed by atoms with E-state index in [-0.39, 0.29) is 42.1 Å². The molecular formula is C23H30N4O4. The predicted molar refractivity (Wildman–Crippen MR) is 117 cm³/mol. The van der Waals surface area contributed by atoms with E-state index in [1.54, 1.807) is 4.90 Å². The maximum Gasteiger partial charge on any atom is 0.274 e. The number of amides is 2. The fraction of sp³-hybridized carbons (Fsp3) is 0.478. The third-order valence-electron chi connectivity index (χ3n) is 5.31. The van der Waals surface area contributed by atoms with E-state index < -0.39 is 0 Å². The van der Waals surface area contributed by atoms with Crippen LogP contribution in [0.4, 0.5) is 0 Å². The second-order valence-electron chi connectivity index (χ2n) is 7.68. The molecule has 1 aliphatic rings. The summed E-state index contributed by atoms with van der Waals surface area (Å²) in [5, 5.41) is 7.20. The Kier molecular flexibility index (Phi) is 8.20. The summed E-state index contributed by atoms with van der Waals surface area (Å²) in [5.74, 6) is 0.241. The first-order chi connectivity index (χ1) is 15.1. The molecule has 31 heavy (non-hydrogen) atoms. The number of carbonyl (C=O) groups excluding carboxylic acids is 2. The Morgan fingerprint density at radius 2 is 2.00 bits per heavy atom. The molecule has 8 nitrogen and oxygen atoms in total. The minimum atomic E-state index is -0.292. The number of nitrogens with zero attached hydrogens (tertiary/aromatic N) is 3. The molecule has 1 aromatic carbocycles. The SMILES string of the molecule is CCCCNC(=O)[C@@H]1CCCN(C(=O)c2ccc(=O)n(CCOc3ccccc3)n2)C1. The largest absolute Gasteiger partial charge is 0.492 e. The monoisotopic (exact) mass is 426 g/mol. The Bertz CT molecular complexity index is 929. The Balaban J connectivity index is 1.59. The summed E-state index contributed by atoms with van der Waals surface area (Å²) in [6.07, 6.45) is 3.50. The Hall–Kier alpha value is -3.16.